The molecule has 1 aromatic rings. The van der Waals surface area contributed by atoms with Crippen molar-refractivity contribution in [2.45, 2.75) is 32.2 Å². The highest BCUT2D eigenvalue weighted by Gasteiger charge is 2.19. The SMILES string of the molecule is CCCC(N)CC(=O)Nc1c(Br)cc(Br)cc1C(=O)OC. The molecule has 0 aliphatic heterocycles. The van der Waals surface area contributed by atoms with Gasteiger partial charge in [-0.1, -0.05) is 29.3 Å². The number of ether oxygens (including phenoxy) is 1. The maximum Gasteiger partial charge on any atom is 0.340 e. The van der Waals surface area contributed by atoms with Gasteiger partial charge in [-0.3, -0.25) is 4.79 Å². The lowest BCUT2D eigenvalue weighted by molar-refractivity contribution is -0.116. The molecule has 1 amide bonds. The zero-order valence-corrected chi connectivity index (χ0v) is 15.1. The second-order valence-corrected chi connectivity index (χ2v) is 6.37. The molecule has 0 radical (unpaired) electrons. The number of halogens is 2. The van der Waals surface area contributed by atoms with Crippen LogP contribution >= 0.6 is 31.9 Å². The molecule has 1 unspecified atom stereocenters. The molecule has 0 spiro atoms. The molecule has 0 aliphatic rings. The van der Waals surface area contributed by atoms with Crippen LogP contribution in [0.25, 0.3) is 0 Å². The number of carbonyl (C=O) groups excluding carboxylic acids is 2. The van der Waals surface area contributed by atoms with Gasteiger partial charge in [-0.05, 0) is 34.5 Å². The Hall–Kier alpha value is -0.920. The normalized spacial score (nSPS) is 11.9. The first-order valence-electron chi connectivity index (χ1n) is 6.51. The van der Waals surface area contributed by atoms with Crippen molar-refractivity contribution in [3.63, 3.8) is 0 Å². The maximum atomic E-state index is 12.0. The van der Waals surface area contributed by atoms with Crippen LogP contribution in [0.4, 0.5) is 5.69 Å². The molecule has 0 bridgehead atoms. The Morgan fingerprint density at radius 1 is 1.38 bits per heavy atom. The van der Waals surface area contributed by atoms with E-state index in [1.807, 2.05) is 6.92 Å². The molecular weight excluding hydrogens is 404 g/mol. The van der Waals surface area contributed by atoms with Crippen LogP contribution in [0.15, 0.2) is 21.1 Å². The third kappa shape index (κ3) is 5.41. The zero-order valence-electron chi connectivity index (χ0n) is 11.9. The summed E-state index contributed by atoms with van der Waals surface area (Å²) in [5.74, 6) is -0.755. The smallest absolute Gasteiger partial charge is 0.340 e. The fourth-order valence-corrected chi connectivity index (χ4v) is 3.20. The molecule has 0 aromatic heterocycles. The topological polar surface area (TPSA) is 81.4 Å². The van der Waals surface area contributed by atoms with Gasteiger partial charge in [0.05, 0.1) is 18.4 Å². The largest absolute Gasteiger partial charge is 0.465 e. The molecule has 0 saturated heterocycles. The third-order valence-corrected chi connectivity index (χ3v) is 3.92. The van der Waals surface area contributed by atoms with Crippen LogP contribution in [0.2, 0.25) is 0 Å². The number of rotatable bonds is 6. The molecule has 5 nitrogen and oxygen atoms in total. The van der Waals surface area contributed by atoms with Gasteiger partial charge >= 0.3 is 5.97 Å². The summed E-state index contributed by atoms with van der Waals surface area (Å²) in [6, 6.07) is 3.15. The van der Waals surface area contributed by atoms with Crippen LogP contribution in [-0.2, 0) is 9.53 Å². The first kappa shape index (κ1) is 18.1. The lowest BCUT2D eigenvalue weighted by Crippen LogP contribution is -2.27. The van der Waals surface area contributed by atoms with Gasteiger partial charge in [0.2, 0.25) is 5.91 Å². The summed E-state index contributed by atoms with van der Waals surface area (Å²) >= 11 is 6.64. The van der Waals surface area contributed by atoms with Gasteiger partial charge in [-0.25, -0.2) is 4.79 Å². The highest BCUT2D eigenvalue weighted by molar-refractivity contribution is 9.11. The Kier molecular flexibility index (Phi) is 7.34. The second-order valence-electron chi connectivity index (χ2n) is 4.60. The van der Waals surface area contributed by atoms with Gasteiger partial charge in [0.15, 0.2) is 0 Å². The number of carbonyl (C=O) groups is 2. The highest BCUT2D eigenvalue weighted by Crippen LogP contribution is 2.31. The van der Waals surface area contributed by atoms with Crippen molar-refractivity contribution in [2.24, 2.45) is 5.73 Å². The van der Waals surface area contributed by atoms with E-state index in [0.29, 0.717) is 14.6 Å². The molecule has 0 heterocycles. The quantitative estimate of drug-likeness (QED) is 0.689. The van der Waals surface area contributed by atoms with Crippen molar-refractivity contribution in [2.75, 3.05) is 12.4 Å². The molecule has 1 aromatic carbocycles. The predicted molar refractivity (Wildman–Crippen MR) is 89.3 cm³/mol. The van der Waals surface area contributed by atoms with E-state index in [0.717, 1.165) is 12.8 Å². The standard InChI is InChI=1S/C14H18Br2N2O3/c1-3-4-9(17)7-12(19)18-13-10(14(20)21-2)5-8(15)6-11(13)16/h5-6,9H,3-4,7,17H2,1-2H3,(H,18,19). The Bertz CT molecular complexity index is 535. The van der Waals surface area contributed by atoms with Gasteiger partial charge in [-0.2, -0.15) is 0 Å². The number of esters is 1. The first-order chi connectivity index (χ1) is 9.88. The number of hydrogen-bond donors (Lipinski definition) is 2. The number of hydrogen-bond acceptors (Lipinski definition) is 4. The highest BCUT2D eigenvalue weighted by atomic mass is 79.9. The fraction of sp³-hybridized carbons (Fsp3) is 0.429. The summed E-state index contributed by atoms with van der Waals surface area (Å²) in [5.41, 5.74) is 6.52. The molecule has 3 N–H and O–H groups in total. The average molecular weight is 422 g/mol. The number of methoxy groups -OCH3 is 1. The number of nitrogens with two attached hydrogens (primary N) is 1. The number of benzene rings is 1. The van der Waals surface area contributed by atoms with Crippen LogP contribution in [0, 0.1) is 0 Å². The Balaban J connectivity index is 2.96. The summed E-state index contributed by atoms with van der Waals surface area (Å²) < 4.78 is 6.03. The molecule has 7 heteroatoms. The molecular formula is C14H18Br2N2O3. The van der Waals surface area contributed by atoms with Gasteiger partial charge in [0.1, 0.15) is 0 Å². The van der Waals surface area contributed by atoms with Gasteiger partial charge < -0.3 is 15.8 Å². The van der Waals surface area contributed by atoms with E-state index in [4.69, 9.17) is 10.5 Å². The summed E-state index contributed by atoms with van der Waals surface area (Å²) in [5, 5.41) is 2.72. The first-order valence-corrected chi connectivity index (χ1v) is 8.10. The molecule has 0 saturated carbocycles. The minimum Gasteiger partial charge on any atom is -0.465 e. The monoisotopic (exact) mass is 420 g/mol. The van der Waals surface area contributed by atoms with Crippen LogP contribution in [-0.4, -0.2) is 25.0 Å². The molecule has 1 atom stereocenters. The number of nitrogens with one attached hydrogen (secondary N) is 1. The van der Waals surface area contributed by atoms with E-state index in [9.17, 15) is 9.59 Å². The van der Waals surface area contributed by atoms with E-state index in [-0.39, 0.29) is 23.9 Å². The van der Waals surface area contributed by atoms with E-state index in [1.54, 1.807) is 12.1 Å². The summed E-state index contributed by atoms with van der Waals surface area (Å²) in [7, 11) is 1.29. The van der Waals surface area contributed by atoms with Gasteiger partial charge in [0, 0.05) is 21.4 Å². The van der Waals surface area contributed by atoms with Crippen LogP contribution < -0.4 is 11.1 Å². The zero-order chi connectivity index (χ0) is 16.0. The van der Waals surface area contributed by atoms with Crippen molar-refractivity contribution in [1.29, 1.82) is 0 Å². The molecule has 0 aliphatic carbocycles. The van der Waals surface area contributed by atoms with Crippen molar-refractivity contribution < 1.29 is 14.3 Å². The van der Waals surface area contributed by atoms with Crippen molar-refractivity contribution in [3.05, 3.63) is 26.6 Å². The van der Waals surface area contributed by atoms with Gasteiger partial charge in [0.25, 0.3) is 0 Å². The second kappa shape index (κ2) is 8.51. The molecule has 1 rings (SSSR count). The average Bonchev–Trinajstić information content (AvgIpc) is 2.40. The summed E-state index contributed by atoms with van der Waals surface area (Å²) in [4.78, 5) is 23.8. The van der Waals surface area contributed by atoms with Crippen LogP contribution in [0.1, 0.15) is 36.5 Å². The van der Waals surface area contributed by atoms with E-state index in [1.165, 1.54) is 7.11 Å². The van der Waals surface area contributed by atoms with Crippen molar-refractivity contribution in [1.82, 2.24) is 0 Å². The lowest BCUT2D eigenvalue weighted by Gasteiger charge is -2.14. The molecule has 21 heavy (non-hydrogen) atoms. The Morgan fingerprint density at radius 3 is 2.62 bits per heavy atom. The van der Waals surface area contributed by atoms with Crippen LogP contribution in [0.5, 0.6) is 0 Å². The van der Waals surface area contributed by atoms with Crippen LogP contribution in [0.3, 0.4) is 0 Å². The lowest BCUT2D eigenvalue weighted by atomic mass is 10.1. The van der Waals surface area contributed by atoms with Crippen molar-refractivity contribution in [3.8, 4) is 0 Å². The van der Waals surface area contributed by atoms with Gasteiger partial charge in [-0.15, -0.1) is 0 Å². The maximum absolute atomic E-state index is 12.0. The van der Waals surface area contributed by atoms with Crippen molar-refractivity contribution >= 4 is 49.4 Å². The minimum absolute atomic E-state index is 0.189. The van der Waals surface area contributed by atoms with E-state index >= 15 is 0 Å². The fourth-order valence-electron chi connectivity index (χ4n) is 1.87. The summed E-state index contributed by atoms with van der Waals surface area (Å²) in [6.07, 6.45) is 1.90. The van der Waals surface area contributed by atoms with E-state index in [2.05, 4.69) is 37.2 Å². The molecule has 116 valence electrons. The Morgan fingerprint density at radius 2 is 2.05 bits per heavy atom. The number of anilines is 1. The third-order valence-electron chi connectivity index (χ3n) is 2.83. The minimum atomic E-state index is -0.523. The Labute approximate surface area is 140 Å². The predicted octanol–water partition coefficient (Wildman–Crippen LogP) is 3.45. The summed E-state index contributed by atoms with van der Waals surface area (Å²) in [6.45, 7) is 2.01. The molecule has 0 fully saturated rings. The number of amides is 1. The van der Waals surface area contributed by atoms with E-state index < -0.39 is 5.97 Å².